The summed E-state index contributed by atoms with van der Waals surface area (Å²) in [5.74, 6) is -0.0423. The Hall–Kier alpha value is -1.51. The minimum atomic E-state index is -0.0423. The number of rotatable bonds is 0. The van der Waals surface area contributed by atoms with Crippen molar-refractivity contribution in [3.8, 4) is 0 Å². The third-order valence-electron chi connectivity index (χ3n) is 1.54. The van der Waals surface area contributed by atoms with Gasteiger partial charge in [0, 0.05) is 6.21 Å². The van der Waals surface area contributed by atoms with Gasteiger partial charge in [-0.2, -0.15) is 0 Å². The molecule has 0 radical (unpaired) electrons. The molecule has 2 aliphatic rings. The molecule has 1 aliphatic heterocycles. The zero-order valence-corrected chi connectivity index (χ0v) is 5.82. The molecular weight excluding hydrogens is 140 g/mol. The van der Waals surface area contributed by atoms with Crippen molar-refractivity contribution < 1.29 is 4.79 Å². The zero-order valence-electron chi connectivity index (χ0n) is 5.82. The number of hydrogen-bond donors (Lipinski definition) is 0. The first kappa shape index (κ1) is 6.22. The normalized spacial score (nSPS) is 20.9. The van der Waals surface area contributed by atoms with E-state index in [1.807, 2.05) is 0 Å². The van der Waals surface area contributed by atoms with E-state index < -0.39 is 0 Å². The fourth-order valence-corrected chi connectivity index (χ4v) is 1.05. The summed E-state index contributed by atoms with van der Waals surface area (Å²) in [5, 5.41) is 0. The molecule has 0 fully saturated rings. The molecule has 0 unspecified atom stereocenters. The Labute approximate surface area is 63.9 Å². The number of carbonyl (C=O) groups is 1. The molecule has 3 heteroatoms. The Morgan fingerprint density at radius 2 is 2.36 bits per heavy atom. The highest BCUT2D eigenvalue weighted by Crippen LogP contribution is 2.10. The van der Waals surface area contributed by atoms with E-state index in [2.05, 4.69) is 9.98 Å². The van der Waals surface area contributed by atoms with E-state index in [-0.39, 0.29) is 5.78 Å². The van der Waals surface area contributed by atoms with Crippen molar-refractivity contribution >= 4 is 17.7 Å². The lowest BCUT2D eigenvalue weighted by atomic mass is 10.1. The highest BCUT2D eigenvalue weighted by Gasteiger charge is 2.16. The Morgan fingerprint density at radius 3 is 3.18 bits per heavy atom. The van der Waals surface area contributed by atoms with Crippen LogP contribution in [0.1, 0.15) is 0 Å². The molecule has 0 bridgehead atoms. The molecule has 0 aromatic carbocycles. The quantitative estimate of drug-likeness (QED) is 0.460. The molecule has 1 heterocycles. The third-order valence-corrected chi connectivity index (χ3v) is 1.54. The second kappa shape index (κ2) is 2.27. The molecule has 54 valence electrons. The summed E-state index contributed by atoms with van der Waals surface area (Å²) in [6.07, 6.45) is 6.68. The summed E-state index contributed by atoms with van der Waals surface area (Å²) in [6.45, 7) is 0.520. The predicted octanol–water partition coefficient (Wildman–Crippen LogP) is 0.535. The van der Waals surface area contributed by atoms with Gasteiger partial charge in [0.2, 0.25) is 5.78 Å². The molecule has 1 aliphatic carbocycles. The van der Waals surface area contributed by atoms with E-state index in [4.69, 9.17) is 0 Å². The van der Waals surface area contributed by atoms with Gasteiger partial charge in [-0.15, -0.1) is 0 Å². The summed E-state index contributed by atoms with van der Waals surface area (Å²) < 4.78 is 0. The molecule has 0 saturated heterocycles. The maximum atomic E-state index is 11.1. The van der Waals surface area contributed by atoms with Crippen molar-refractivity contribution in [2.24, 2.45) is 9.98 Å². The summed E-state index contributed by atoms with van der Waals surface area (Å²) >= 11 is 0. The van der Waals surface area contributed by atoms with Crippen molar-refractivity contribution in [1.82, 2.24) is 0 Å². The monoisotopic (exact) mass is 146 g/mol. The number of allylic oxidation sites excluding steroid dienone is 4. The first-order chi connectivity index (χ1) is 5.38. The van der Waals surface area contributed by atoms with E-state index in [1.165, 1.54) is 6.08 Å². The molecule has 0 atom stereocenters. The Balaban J connectivity index is 2.48. The summed E-state index contributed by atoms with van der Waals surface area (Å²) in [5.41, 5.74) is 1.18. The van der Waals surface area contributed by atoms with Gasteiger partial charge in [0.15, 0.2) is 0 Å². The smallest absolute Gasteiger partial charge is 0.205 e. The third kappa shape index (κ3) is 0.941. The van der Waals surface area contributed by atoms with Crippen LogP contribution in [0.4, 0.5) is 0 Å². The van der Waals surface area contributed by atoms with Crippen LogP contribution in [-0.4, -0.2) is 24.3 Å². The van der Waals surface area contributed by atoms with Crippen molar-refractivity contribution in [3.05, 3.63) is 23.9 Å². The van der Waals surface area contributed by atoms with Crippen molar-refractivity contribution in [1.29, 1.82) is 0 Å². The van der Waals surface area contributed by atoms with Gasteiger partial charge in [0.05, 0.1) is 12.2 Å². The van der Waals surface area contributed by atoms with E-state index >= 15 is 0 Å². The van der Waals surface area contributed by atoms with Crippen LogP contribution >= 0.6 is 0 Å². The lowest BCUT2D eigenvalue weighted by molar-refractivity contribution is -0.108. The maximum absolute atomic E-state index is 11.1. The highest BCUT2D eigenvalue weighted by molar-refractivity contribution is 6.50. The summed E-state index contributed by atoms with van der Waals surface area (Å²) in [6, 6.07) is 0. The standard InChI is InChI=1S/C8H6N2O/c11-7-3-1-2-6-8(7)10-5-4-9-6/h1-4H,5H2. The first-order valence-electron chi connectivity index (χ1n) is 3.38. The molecule has 11 heavy (non-hydrogen) atoms. The lowest BCUT2D eigenvalue weighted by Crippen LogP contribution is -2.19. The van der Waals surface area contributed by atoms with Gasteiger partial charge in [-0.25, -0.2) is 0 Å². The average Bonchev–Trinajstić information content (AvgIpc) is 2.06. The molecule has 0 aromatic rings. The molecule has 0 spiro atoms. The SMILES string of the molecule is O=C1C=CC=C2N=CCN=C12. The Morgan fingerprint density at radius 1 is 1.45 bits per heavy atom. The van der Waals surface area contributed by atoms with Crippen LogP contribution in [0.2, 0.25) is 0 Å². The molecule has 0 amide bonds. The van der Waals surface area contributed by atoms with E-state index in [0.29, 0.717) is 18.0 Å². The van der Waals surface area contributed by atoms with Gasteiger partial charge in [0.1, 0.15) is 5.71 Å². The largest absolute Gasteiger partial charge is 0.287 e. The van der Waals surface area contributed by atoms with Crippen LogP contribution < -0.4 is 0 Å². The Bertz CT molecular complexity index is 321. The summed E-state index contributed by atoms with van der Waals surface area (Å²) in [4.78, 5) is 19.2. The van der Waals surface area contributed by atoms with Crippen LogP contribution in [0, 0.1) is 0 Å². The number of nitrogens with zero attached hydrogens (tertiary/aromatic N) is 2. The summed E-state index contributed by atoms with van der Waals surface area (Å²) in [7, 11) is 0. The van der Waals surface area contributed by atoms with Gasteiger partial charge < -0.3 is 0 Å². The number of carbonyl (C=O) groups excluding carboxylic acids is 1. The minimum absolute atomic E-state index is 0.0423. The fourth-order valence-electron chi connectivity index (χ4n) is 1.05. The van der Waals surface area contributed by atoms with Crippen LogP contribution in [-0.2, 0) is 4.79 Å². The van der Waals surface area contributed by atoms with Crippen molar-refractivity contribution in [2.45, 2.75) is 0 Å². The number of hydrogen-bond acceptors (Lipinski definition) is 3. The maximum Gasteiger partial charge on any atom is 0.205 e. The van der Waals surface area contributed by atoms with Gasteiger partial charge in [0.25, 0.3) is 0 Å². The molecule has 3 nitrogen and oxygen atoms in total. The number of fused-ring (bicyclic) bond motifs is 1. The molecule has 0 N–H and O–H groups in total. The van der Waals surface area contributed by atoms with Crippen LogP contribution in [0.15, 0.2) is 33.9 Å². The first-order valence-corrected chi connectivity index (χ1v) is 3.38. The number of ketones is 1. The van der Waals surface area contributed by atoms with Gasteiger partial charge >= 0.3 is 0 Å². The topological polar surface area (TPSA) is 41.8 Å². The fraction of sp³-hybridized carbons (Fsp3) is 0.125. The molecular formula is C8H6N2O. The Kier molecular flexibility index (Phi) is 1.28. The van der Waals surface area contributed by atoms with Gasteiger partial charge in [-0.1, -0.05) is 6.08 Å². The second-order valence-electron chi connectivity index (χ2n) is 2.28. The van der Waals surface area contributed by atoms with E-state index in [0.717, 1.165) is 0 Å². The molecule has 2 rings (SSSR count). The van der Waals surface area contributed by atoms with Crippen LogP contribution in [0.3, 0.4) is 0 Å². The van der Waals surface area contributed by atoms with Crippen LogP contribution in [0.5, 0.6) is 0 Å². The average molecular weight is 146 g/mol. The second-order valence-corrected chi connectivity index (χ2v) is 2.28. The minimum Gasteiger partial charge on any atom is -0.287 e. The van der Waals surface area contributed by atoms with Crippen molar-refractivity contribution in [2.75, 3.05) is 6.54 Å². The predicted molar refractivity (Wildman–Crippen MR) is 43.0 cm³/mol. The molecule has 0 aromatic heterocycles. The lowest BCUT2D eigenvalue weighted by Gasteiger charge is -2.09. The molecule has 0 saturated carbocycles. The van der Waals surface area contributed by atoms with E-state index in [9.17, 15) is 4.79 Å². The number of aliphatic imine (C=N–C) groups is 2. The zero-order chi connectivity index (χ0) is 7.68. The van der Waals surface area contributed by atoms with Gasteiger partial charge in [-0.3, -0.25) is 14.8 Å². The van der Waals surface area contributed by atoms with Crippen molar-refractivity contribution in [3.63, 3.8) is 0 Å². The van der Waals surface area contributed by atoms with Crippen LogP contribution in [0.25, 0.3) is 0 Å². The highest BCUT2D eigenvalue weighted by atomic mass is 16.1. The van der Waals surface area contributed by atoms with E-state index in [1.54, 1.807) is 18.4 Å². The van der Waals surface area contributed by atoms with Gasteiger partial charge in [-0.05, 0) is 12.2 Å².